The number of rotatable bonds is 1. The van der Waals surface area contributed by atoms with E-state index in [4.69, 9.17) is 11.6 Å². The first-order valence-corrected chi connectivity index (χ1v) is 9.17. The molecule has 3 heterocycles. The van der Waals surface area contributed by atoms with E-state index in [9.17, 15) is 4.79 Å². The molecular weight excluding hydrogens is 336 g/mol. The predicted octanol–water partition coefficient (Wildman–Crippen LogP) is 5.12. The molecule has 0 unspecified atom stereocenters. The molecule has 0 saturated carbocycles. The fourth-order valence-corrected chi connectivity index (χ4v) is 2.84. The van der Waals surface area contributed by atoms with E-state index in [-0.39, 0.29) is 11.2 Å². The zero-order valence-corrected chi connectivity index (χ0v) is 16.6. The fourth-order valence-electron chi connectivity index (χ4n) is 2.71. The molecule has 6 heteroatoms. The molecule has 0 spiro atoms. The summed E-state index contributed by atoms with van der Waals surface area (Å²) < 4.78 is 0. The third-order valence-electron chi connectivity index (χ3n) is 3.60. The lowest BCUT2D eigenvalue weighted by atomic mass is 10.1. The van der Waals surface area contributed by atoms with Crippen LogP contribution in [0.5, 0.6) is 0 Å². The Kier molecular flexibility index (Phi) is 8.35. The molecule has 1 amide bonds. The largest absolute Gasteiger partial charge is 0.323 e. The maximum atomic E-state index is 12.5. The first kappa shape index (κ1) is 20.9. The Morgan fingerprint density at radius 3 is 2.52 bits per heavy atom. The van der Waals surface area contributed by atoms with Crippen molar-refractivity contribution < 1.29 is 4.79 Å². The Hall–Kier alpha value is -2.14. The van der Waals surface area contributed by atoms with Crippen LogP contribution in [0.2, 0.25) is 5.28 Å². The highest BCUT2D eigenvalue weighted by molar-refractivity contribution is 6.28. The van der Waals surface area contributed by atoms with Gasteiger partial charge in [-0.25, -0.2) is 4.98 Å². The zero-order chi connectivity index (χ0) is 19.0. The van der Waals surface area contributed by atoms with Crippen LogP contribution >= 0.6 is 11.6 Å². The maximum Gasteiger partial charge on any atom is 0.257 e. The molecule has 1 aromatic heterocycles. The first-order chi connectivity index (χ1) is 12.2. The number of carbonyl (C=O) groups is 1. The summed E-state index contributed by atoms with van der Waals surface area (Å²) in [5.41, 5.74) is 3.26. The molecule has 0 atom stereocenters. The van der Waals surface area contributed by atoms with E-state index in [0.717, 1.165) is 24.2 Å². The van der Waals surface area contributed by atoms with Gasteiger partial charge in [-0.1, -0.05) is 45.9 Å². The van der Waals surface area contributed by atoms with Crippen LogP contribution in [-0.2, 0) is 4.79 Å². The second kappa shape index (κ2) is 9.99. The third kappa shape index (κ3) is 4.28. The highest BCUT2D eigenvalue weighted by atomic mass is 35.5. The Morgan fingerprint density at radius 1 is 1.24 bits per heavy atom. The van der Waals surface area contributed by atoms with Gasteiger partial charge in [-0.05, 0) is 37.4 Å². The normalized spacial score (nSPS) is 17.2. The summed E-state index contributed by atoms with van der Waals surface area (Å²) in [6, 6.07) is 0. The van der Waals surface area contributed by atoms with Crippen molar-refractivity contribution in [3.63, 3.8) is 0 Å². The lowest BCUT2D eigenvalue weighted by Crippen LogP contribution is -2.19. The van der Waals surface area contributed by atoms with E-state index in [1.807, 2.05) is 64.7 Å². The van der Waals surface area contributed by atoms with Crippen LogP contribution < -0.4 is 10.2 Å². The number of nitrogens with one attached hydrogen (secondary N) is 1. The van der Waals surface area contributed by atoms with E-state index in [2.05, 4.69) is 15.3 Å². The number of fused-ring (bicyclic) bond motifs is 3. The lowest BCUT2D eigenvalue weighted by Gasteiger charge is -2.19. The van der Waals surface area contributed by atoms with Crippen molar-refractivity contribution in [1.82, 2.24) is 9.97 Å². The molecule has 1 N–H and O–H groups in total. The topological polar surface area (TPSA) is 58.1 Å². The number of anilines is 2. The molecule has 1 saturated heterocycles. The fraction of sp³-hybridized carbons (Fsp3) is 0.421. The molecule has 3 rings (SSSR count). The maximum absolute atomic E-state index is 12.5. The van der Waals surface area contributed by atoms with Crippen LogP contribution in [0.15, 0.2) is 41.3 Å². The van der Waals surface area contributed by atoms with Crippen LogP contribution in [0.3, 0.4) is 0 Å². The quantitative estimate of drug-likeness (QED) is 0.704. The molecule has 1 aromatic rings. The van der Waals surface area contributed by atoms with E-state index in [1.165, 1.54) is 0 Å². The SMILES string of the molecule is CC.CC.C\C=C/C1=C2\C(=C/C)CCN2c2nc(Cl)ncc2NC1=O. The molecule has 2 aliphatic rings. The highest BCUT2D eigenvalue weighted by Gasteiger charge is 2.33. The Balaban J connectivity index is 0.000000730. The van der Waals surface area contributed by atoms with Crippen molar-refractivity contribution in [2.45, 2.75) is 48.0 Å². The number of nitrogens with zero attached hydrogens (tertiary/aromatic N) is 3. The number of amides is 1. The summed E-state index contributed by atoms with van der Waals surface area (Å²) in [4.78, 5) is 22.8. The molecule has 0 aromatic carbocycles. The number of hydrogen-bond acceptors (Lipinski definition) is 4. The van der Waals surface area contributed by atoms with Crippen molar-refractivity contribution in [1.29, 1.82) is 0 Å². The van der Waals surface area contributed by atoms with E-state index < -0.39 is 0 Å². The van der Waals surface area contributed by atoms with Gasteiger partial charge in [0, 0.05) is 6.54 Å². The molecule has 0 bridgehead atoms. The summed E-state index contributed by atoms with van der Waals surface area (Å²) in [5.74, 6) is 0.494. The molecule has 2 aliphatic heterocycles. The van der Waals surface area contributed by atoms with Crippen molar-refractivity contribution in [3.05, 3.63) is 46.6 Å². The molecule has 1 fully saturated rings. The van der Waals surface area contributed by atoms with E-state index >= 15 is 0 Å². The summed E-state index contributed by atoms with van der Waals surface area (Å²) in [6.07, 6.45) is 8.15. The minimum atomic E-state index is -0.154. The van der Waals surface area contributed by atoms with Gasteiger partial charge in [-0.15, -0.1) is 0 Å². The second-order valence-electron chi connectivity index (χ2n) is 4.81. The summed E-state index contributed by atoms with van der Waals surface area (Å²) in [6.45, 7) is 12.6. The summed E-state index contributed by atoms with van der Waals surface area (Å²) >= 11 is 5.92. The summed E-state index contributed by atoms with van der Waals surface area (Å²) in [5, 5.41) is 3.03. The number of halogens is 1. The number of allylic oxidation sites excluding steroid dienone is 3. The van der Waals surface area contributed by atoms with Gasteiger partial charge in [-0.3, -0.25) is 4.79 Å². The molecule has 0 radical (unpaired) electrons. The molecular formula is C19H27ClN4O. The van der Waals surface area contributed by atoms with Crippen LogP contribution in [0.25, 0.3) is 0 Å². The van der Waals surface area contributed by atoms with Crippen molar-refractivity contribution in [2.24, 2.45) is 0 Å². The number of aromatic nitrogens is 2. The highest BCUT2D eigenvalue weighted by Crippen LogP contribution is 2.40. The first-order valence-electron chi connectivity index (χ1n) is 8.79. The van der Waals surface area contributed by atoms with Gasteiger partial charge in [0.25, 0.3) is 5.91 Å². The van der Waals surface area contributed by atoms with Gasteiger partial charge in [-0.2, -0.15) is 4.98 Å². The van der Waals surface area contributed by atoms with Crippen LogP contribution in [-0.4, -0.2) is 22.4 Å². The lowest BCUT2D eigenvalue weighted by molar-refractivity contribution is -0.112. The van der Waals surface area contributed by atoms with Crippen molar-refractivity contribution in [2.75, 3.05) is 16.8 Å². The second-order valence-corrected chi connectivity index (χ2v) is 5.15. The van der Waals surface area contributed by atoms with Gasteiger partial charge < -0.3 is 10.2 Å². The smallest absolute Gasteiger partial charge is 0.257 e. The minimum absolute atomic E-state index is 0.154. The molecule has 25 heavy (non-hydrogen) atoms. The van der Waals surface area contributed by atoms with Crippen molar-refractivity contribution in [3.8, 4) is 0 Å². The van der Waals surface area contributed by atoms with E-state index in [0.29, 0.717) is 17.1 Å². The predicted molar refractivity (Wildman–Crippen MR) is 106 cm³/mol. The Bertz CT molecular complexity index is 707. The molecule has 0 aliphatic carbocycles. The van der Waals surface area contributed by atoms with Crippen LogP contribution in [0.1, 0.15) is 48.0 Å². The monoisotopic (exact) mass is 362 g/mol. The van der Waals surface area contributed by atoms with Crippen LogP contribution in [0, 0.1) is 0 Å². The van der Waals surface area contributed by atoms with Crippen molar-refractivity contribution >= 4 is 29.0 Å². The average molecular weight is 363 g/mol. The standard InChI is InChI=1S/C15H15ClN4O.2C2H6/c1-3-5-10-12-9(4-2)6-7-20(12)13-11(18-14(10)21)8-17-15(16)19-13;2*1-2/h3-5,8H,6-7H2,1-2H3,(H,18,21);2*1-2H3/b5-3-,9-4-;;. The van der Waals surface area contributed by atoms with Gasteiger partial charge >= 0.3 is 0 Å². The summed E-state index contributed by atoms with van der Waals surface area (Å²) in [7, 11) is 0. The zero-order valence-electron chi connectivity index (χ0n) is 15.9. The van der Waals surface area contributed by atoms with Gasteiger partial charge in [0.1, 0.15) is 5.69 Å². The van der Waals surface area contributed by atoms with E-state index in [1.54, 1.807) is 6.20 Å². The van der Waals surface area contributed by atoms with Gasteiger partial charge in [0.2, 0.25) is 5.28 Å². The number of carbonyl (C=O) groups excluding carboxylic acids is 1. The molecule has 5 nitrogen and oxygen atoms in total. The van der Waals surface area contributed by atoms with Crippen LogP contribution in [0.4, 0.5) is 11.5 Å². The molecule has 136 valence electrons. The third-order valence-corrected chi connectivity index (χ3v) is 3.79. The van der Waals surface area contributed by atoms with Gasteiger partial charge in [0.15, 0.2) is 5.82 Å². The Morgan fingerprint density at radius 2 is 1.92 bits per heavy atom. The minimum Gasteiger partial charge on any atom is -0.323 e. The Labute approximate surface area is 155 Å². The average Bonchev–Trinajstić information content (AvgIpc) is 3.03. The number of hydrogen-bond donors (Lipinski definition) is 1. The van der Waals surface area contributed by atoms with Gasteiger partial charge in [0.05, 0.1) is 17.5 Å².